The number of hydrogen-bond donors (Lipinski definition) is 2. The molecule has 4 rings (SSSR count). The molecule has 1 aliphatic heterocycles. The van der Waals surface area contributed by atoms with Crippen LogP contribution in [0, 0.1) is 6.92 Å². The van der Waals surface area contributed by atoms with Crippen molar-refractivity contribution in [3.8, 4) is 11.4 Å². The molecule has 1 atom stereocenters. The second-order valence-electron chi connectivity index (χ2n) is 6.43. The topological polar surface area (TPSA) is 85.2 Å². The lowest BCUT2D eigenvalue weighted by Crippen LogP contribution is -2.56. The Hall–Kier alpha value is -3.61. The van der Waals surface area contributed by atoms with Crippen LogP contribution in [0.1, 0.15) is 12.7 Å². The molecule has 7 heteroatoms. The molecule has 0 bridgehead atoms. The molecule has 3 aromatic rings. The molecule has 7 nitrogen and oxygen atoms in total. The second-order valence-corrected chi connectivity index (χ2v) is 6.43. The van der Waals surface area contributed by atoms with Crippen LogP contribution in [-0.4, -0.2) is 27.0 Å². The van der Waals surface area contributed by atoms with Crippen molar-refractivity contribution >= 4 is 23.2 Å². The van der Waals surface area contributed by atoms with E-state index in [4.69, 9.17) is 4.74 Å². The summed E-state index contributed by atoms with van der Waals surface area (Å²) in [6.45, 7) is 3.37. The molecule has 1 aromatic heterocycles. The van der Waals surface area contributed by atoms with Gasteiger partial charge in [0.2, 0.25) is 0 Å². The summed E-state index contributed by atoms with van der Waals surface area (Å²) in [4.78, 5) is 29.4. The van der Waals surface area contributed by atoms with Crippen LogP contribution in [-0.2, 0) is 9.59 Å². The van der Waals surface area contributed by atoms with E-state index in [0.717, 1.165) is 11.5 Å². The van der Waals surface area contributed by atoms with Crippen molar-refractivity contribution in [1.82, 2.24) is 9.55 Å². The minimum absolute atomic E-state index is 0.459. The minimum atomic E-state index is -1.66. The number of fused-ring (bicyclic) bond motifs is 1. The fourth-order valence-electron chi connectivity index (χ4n) is 2.92. The van der Waals surface area contributed by atoms with Gasteiger partial charge in [-0.05, 0) is 50.2 Å². The molecule has 0 saturated carbocycles. The first-order valence-electron chi connectivity index (χ1n) is 8.49. The zero-order valence-electron chi connectivity index (χ0n) is 14.9. The van der Waals surface area contributed by atoms with Gasteiger partial charge in [-0.1, -0.05) is 12.1 Å². The number of rotatable bonds is 3. The van der Waals surface area contributed by atoms with Crippen LogP contribution in [0.2, 0.25) is 0 Å². The maximum absolute atomic E-state index is 12.8. The van der Waals surface area contributed by atoms with Gasteiger partial charge in [-0.25, -0.2) is 4.98 Å². The lowest BCUT2D eigenvalue weighted by Gasteiger charge is -2.33. The van der Waals surface area contributed by atoms with Gasteiger partial charge >= 0.3 is 0 Å². The summed E-state index contributed by atoms with van der Waals surface area (Å²) in [6, 6.07) is 14.3. The van der Waals surface area contributed by atoms with E-state index < -0.39 is 17.4 Å². The Labute approximate surface area is 156 Å². The Morgan fingerprint density at radius 1 is 1.19 bits per heavy atom. The number of amides is 2. The first-order chi connectivity index (χ1) is 13.0. The fourth-order valence-corrected chi connectivity index (χ4v) is 2.92. The summed E-state index contributed by atoms with van der Waals surface area (Å²) >= 11 is 0. The SMILES string of the molecule is Cc1nccn1-c1ccc(NC(=O)C2(C)Oc3ccccc3NC2=O)cc1. The van der Waals surface area contributed by atoms with Gasteiger partial charge in [-0.3, -0.25) is 9.59 Å². The second kappa shape index (κ2) is 6.28. The Morgan fingerprint density at radius 2 is 1.93 bits per heavy atom. The molecule has 0 saturated heterocycles. The molecule has 0 aliphatic carbocycles. The highest BCUT2D eigenvalue weighted by Gasteiger charge is 2.47. The third kappa shape index (κ3) is 2.93. The molecule has 1 aliphatic rings. The summed E-state index contributed by atoms with van der Waals surface area (Å²) in [5.74, 6) is 0.274. The minimum Gasteiger partial charge on any atom is -0.466 e. The number of benzene rings is 2. The highest BCUT2D eigenvalue weighted by molar-refractivity contribution is 6.19. The molecule has 2 N–H and O–H groups in total. The lowest BCUT2D eigenvalue weighted by molar-refractivity contribution is -0.143. The number of imidazole rings is 1. The van der Waals surface area contributed by atoms with E-state index in [-0.39, 0.29) is 0 Å². The fraction of sp³-hybridized carbons (Fsp3) is 0.150. The van der Waals surface area contributed by atoms with Gasteiger partial charge < -0.3 is 19.9 Å². The van der Waals surface area contributed by atoms with Gasteiger partial charge in [0.05, 0.1) is 5.69 Å². The zero-order valence-corrected chi connectivity index (χ0v) is 14.9. The van der Waals surface area contributed by atoms with Crippen molar-refractivity contribution in [2.75, 3.05) is 10.6 Å². The van der Waals surface area contributed by atoms with Crippen molar-refractivity contribution in [3.05, 3.63) is 66.7 Å². The smallest absolute Gasteiger partial charge is 0.278 e. The molecule has 2 heterocycles. The summed E-state index contributed by atoms with van der Waals surface area (Å²) in [5.41, 5.74) is 0.383. The molecular weight excluding hydrogens is 344 g/mol. The van der Waals surface area contributed by atoms with Gasteiger partial charge in [-0.15, -0.1) is 0 Å². The average molecular weight is 362 g/mol. The van der Waals surface area contributed by atoms with Crippen molar-refractivity contribution < 1.29 is 14.3 Å². The molecule has 0 radical (unpaired) electrons. The standard InChI is InChI=1S/C20H18N4O3/c1-13-21-11-12-24(13)15-9-7-14(8-10-15)22-18(25)20(2)19(26)23-16-5-3-4-6-17(16)27-20/h3-12H,1-2H3,(H,22,25)(H,23,26). The molecule has 0 fully saturated rings. The van der Waals surface area contributed by atoms with Crippen molar-refractivity contribution in [3.63, 3.8) is 0 Å². The van der Waals surface area contributed by atoms with Gasteiger partial charge in [0, 0.05) is 23.8 Å². The molecule has 2 amide bonds. The molecule has 27 heavy (non-hydrogen) atoms. The maximum atomic E-state index is 12.8. The number of carbonyl (C=O) groups excluding carboxylic acids is 2. The third-order valence-corrected chi connectivity index (χ3v) is 4.55. The van der Waals surface area contributed by atoms with E-state index in [1.807, 2.05) is 29.8 Å². The number of nitrogens with zero attached hydrogens (tertiary/aromatic N) is 2. The summed E-state index contributed by atoms with van der Waals surface area (Å²) in [5, 5.41) is 5.47. The van der Waals surface area contributed by atoms with Crippen LogP contribution in [0.5, 0.6) is 5.75 Å². The number of nitrogens with one attached hydrogen (secondary N) is 2. The number of para-hydroxylation sites is 2. The largest absolute Gasteiger partial charge is 0.466 e. The van der Waals surface area contributed by atoms with Gasteiger partial charge in [0.15, 0.2) is 0 Å². The average Bonchev–Trinajstić information content (AvgIpc) is 3.09. The summed E-state index contributed by atoms with van der Waals surface area (Å²) < 4.78 is 7.66. The molecule has 1 unspecified atom stereocenters. The number of aryl methyl sites for hydroxylation is 1. The predicted octanol–water partition coefficient (Wildman–Crippen LogP) is 2.91. The Kier molecular flexibility index (Phi) is 3.92. The van der Waals surface area contributed by atoms with Crippen LogP contribution >= 0.6 is 0 Å². The maximum Gasteiger partial charge on any atom is 0.278 e. The molecule has 136 valence electrons. The normalized spacial score (nSPS) is 18.2. The van der Waals surface area contributed by atoms with Crippen LogP contribution in [0.15, 0.2) is 60.9 Å². The summed E-state index contributed by atoms with van der Waals surface area (Å²) in [7, 11) is 0. The highest BCUT2D eigenvalue weighted by Crippen LogP contribution is 2.33. The Bertz CT molecular complexity index is 1030. The van der Waals surface area contributed by atoms with Crippen LogP contribution in [0.4, 0.5) is 11.4 Å². The van der Waals surface area contributed by atoms with E-state index in [2.05, 4.69) is 15.6 Å². The number of anilines is 2. The zero-order chi connectivity index (χ0) is 19.0. The van der Waals surface area contributed by atoms with E-state index >= 15 is 0 Å². The van der Waals surface area contributed by atoms with Crippen LogP contribution in [0.25, 0.3) is 5.69 Å². The van der Waals surface area contributed by atoms with Crippen molar-refractivity contribution in [2.45, 2.75) is 19.4 Å². The van der Waals surface area contributed by atoms with Crippen molar-refractivity contribution in [1.29, 1.82) is 0 Å². The third-order valence-electron chi connectivity index (χ3n) is 4.55. The van der Waals surface area contributed by atoms with Gasteiger partial charge in [-0.2, -0.15) is 0 Å². The molecule has 2 aromatic carbocycles. The number of ether oxygens (including phenoxy) is 1. The monoisotopic (exact) mass is 362 g/mol. The summed E-state index contributed by atoms with van der Waals surface area (Å²) in [6.07, 6.45) is 3.59. The predicted molar refractivity (Wildman–Crippen MR) is 101 cm³/mol. The lowest BCUT2D eigenvalue weighted by atomic mass is 10.0. The number of aromatic nitrogens is 2. The first kappa shape index (κ1) is 16.8. The molecular formula is C20H18N4O3. The van der Waals surface area contributed by atoms with Crippen LogP contribution in [0.3, 0.4) is 0 Å². The van der Waals surface area contributed by atoms with E-state index in [1.165, 1.54) is 6.92 Å². The van der Waals surface area contributed by atoms with Gasteiger partial charge in [0.25, 0.3) is 17.4 Å². The highest BCUT2D eigenvalue weighted by atomic mass is 16.5. The molecule has 0 spiro atoms. The first-order valence-corrected chi connectivity index (χ1v) is 8.49. The quantitative estimate of drug-likeness (QED) is 0.702. The van der Waals surface area contributed by atoms with Crippen molar-refractivity contribution in [2.24, 2.45) is 0 Å². The Morgan fingerprint density at radius 3 is 2.63 bits per heavy atom. The van der Waals surface area contributed by atoms with Crippen LogP contribution < -0.4 is 15.4 Å². The number of hydrogen-bond acceptors (Lipinski definition) is 4. The van der Waals surface area contributed by atoms with E-state index in [0.29, 0.717) is 17.1 Å². The van der Waals surface area contributed by atoms with E-state index in [1.54, 1.807) is 42.6 Å². The van der Waals surface area contributed by atoms with Gasteiger partial charge in [0.1, 0.15) is 11.6 Å². The van der Waals surface area contributed by atoms with E-state index in [9.17, 15) is 9.59 Å². The number of carbonyl (C=O) groups is 2. The Balaban J connectivity index is 1.54.